The maximum Gasteiger partial charge on any atom is 0.240 e. The highest BCUT2D eigenvalue weighted by molar-refractivity contribution is 7.89. The number of aryl methyl sites for hydroxylation is 1. The topological polar surface area (TPSA) is 71.1 Å². The summed E-state index contributed by atoms with van der Waals surface area (Å²) in [7, 11) is -3.46. The molecular weight excluding hydrogens is 306 g/mol. The van der Waals surface area contributed by atoms with Crippen molar-refractivity contribution in [3.05, 3.63) is 39.8 Å². The van der Waals surface area contributed by atoms with E-state index < -0.39 is 10.0 Å². The van der Waals surface area contributed by atoms with Crippen molar-refractivity contribution in [1.82, 2.24) is 9.71 Å². The van der Waals surface area contributed by atoms with Crippen molar-refractivity contribution in [3.8, 4) is 0 Å². The minimum absolute atomic E-state index is 0.311. The molecule has 0 spiro atoms. The van der Waals surface area contributed by atoms with Gasteiger partial charge in [0, 0.05) is 36.3 Å². The summed E-state index contributed by atoms with van der Waals surface area (Å²) < 4.78 is 27.2. The van der Waals surface area contributed by atoms with E-state index in [0.29, 0.717) is 17.9 Å². The summed E-state index contributed by atoms with van der Waals surface area (Å²) in [6.45, 7) is 3.16. The Hall–Kier alpha value is -1.44. The number of sulfonamides is 1. The van der Waals surface area contributed by atoms with Crippen molar-refractivity contribution < 1.29 is 8.42 Å². The van der Waals surface area contributed by atoms with Crippen LogP contribution >= 0.6 is 11.3 Å². The van der Waals surface area contributed by atoms with E-state index in [9.17, 15) is 8.42 Å². The summed E-state index contributed by atoms with van der Waals surface area (Å²) in [5.41, 5.74) is 3.07. The molecule has 1 aliphatic rings. The fraction of sp³-hybridized carbons (Fsp3) is 0.357. The number of fused-ring (bicyclic) bond motifs is 1. The maximum atomic E-state index is 12.3. The van der Waals surface area contributed by atoms with Gasteiger partial charge in [-0.2, -0.15) is 0 Å². The van der Waals surface area contributed by atoms with Crippen LogP contribution in [0.5, 0.6) is 0 Å². The molecule has 21 heavy (non-hydrogen) atoms. The van der Waals surface area contributed by atoms with E-state index in [1.54, 1.807) is 23.5 Å². The largest absolute Gasteiger partial charge is 0.384 e. The molecule has 0 fully saturated rings. The third kappa shape index (κ3) is 3.25. The Kier molecular flexibility index (Phi) is 3.97. The molecule has 1 aromatic heterocycles. The Balaban J connectivity index is 1.66. The Bertz CT molecular complexity index is 753. The second kappa shape index (κ2) is 5.75. The van der Waals surface area contributed by atoms with Crippen molar-refractivity contribution in [2.45, 2.75) is 24.7 Å². The van der Waals surface area contributed by atoms with Crippen LogP contribution < -0.4 is 10.0 Å². The van der Waals surface area contributed by atoms with Gasteiger partial charge in [0.25, 0.3) is 0 Å². The lowest BCUT2D eigenvalue weighted by atomic mass is 10.2. The molecule has 0 unspecified atom stereocenters. The highest BCUT2D eigenvalue weighted by Gasteiger charge is 2.17. The summed E-state index contributed by atoms with van der Waals surface area (Å²) in [5, 5.41) is 6.11. The van der Waals surface area contributed by atoms with Gasteiger partial charge >= 0.3 is 0 Å². The van der Waals surface area contributed by atoms with Crippen molar-refractivity contribution in [2.75, 3.05) is 18.4 Å². The van der Waals surface area contributed by atoms with E-state index >= 15 is 0 Å². The number of hydrogen-bond donors (Lipinski definition) is 2. The molecule has 2 N–H and O–H groups in total. The minimum atomic E-state index is -3.46. The summed E-state index contributed by atoms with van der Waals surface area (Å²) in [4.78, 5) is 4.64. The molecule has 0 radical (unpaired) electrons. The summed E-state index contributed by atoms with van der Waals surface area (Å²) >= 11 is 1.56. The number of hydrogen-bond acceptors (Lipinski definition) is 5. The molecule has 112 valence electrons. The standard InChI is InChI=1S/C14H17N3O2S2/c1-10-9-20-14(17-10)5-7-16-21(18,19)12-3-2-11-4-6-15-13(11)8-12/h2-3,8-9,15-16H,4-7H2,1H3. The lowest BCUT2D eigenvalue weighted by Crippen LogP contribution is -2.26. The number of aromatic nitrogens is 1. The third-order valence-electron chi connectivity index (χ3n) is 3.40. The van der Waals surface area contributed by atoms with E-state index in [1.165, 1.54) is 5.56 Å². The monoisotopic (exact) mass is 323 g/mol. The Morgan fingerprint density at radius 3 is 3.05 bits per heavy atom. The SMILES string of the molecule is Cc1csc(CCNS(=O)(=O)c2ccc3c(c2)NCC3)n1. The quantitative estimate of drug-likeness (QED) is 0.882. The van der Waals surface area contributed by atoms with Crippen LogP contribution in [-0.2, 0) is 22.9 Å². The summed E-state index contributed by atoms with van der Waals surface area (Å²) in [6.07, 6.45) is 1.56. The fourth-order valence-electron chi connectivity index (χ4n) is 2.33. The van der Waals surface area contributed by atoms with Crippen molar-refractivity contribution in [1.29, 1.82) is 0 Å². The molecule has 7 heteroatoms. The highest BCUT2D eigenvalue weighted by atomic mass is 32.2. The Labute approximate surface area is 128 Å². The molecule has 0 saturated heterocycles. The van der Waals surface area contributed by atoms with Crippen LogP contribution in [0.2, 0.25) is 0 Å². The third-order valence-corrected chi connectivity index (χ3v) is 5.88. The van der Waals surface area contributed by atoms with Gasteiger partial charge in [0.15, 0.2) is 0 Å². The van der Waals surface area contributed by atoms with Crippen LogP contribution in [0.3, 0.4) is 0 Å². The first-order valence-electron chi connectivity index (χ1n) is 6.82. The number of rotatable bonds is 5. The second-order valence-electron chi connectivity index (χ2n) is 5.03. The number of nitrogens with one attached hydrogen (secondary N) is 2. The summed E-state index contributed by atoms with van der Waals surface area (Å²) in [5.74, 6) is 0. The molecule has 0 aliphatic carbocycles. The van der Waals surface area contributed by atoms with Gasteiger partial charge in [-0.25, -0.2) is 18.1 Å². The van der Waals surface area contributed by atoms with Gasteiger partial charge < -0.3 is 5.32 Å². The van der Waals surface area contributed by atoms with Crippen LogP contribution in [0, 0.1) is 6.92 Å². The molecule has 5 nitrogen and oxygen atoms in total. The zero-order chi connectivity index (χ0) is 14.9. The van der Waals surface area contributed by atoms with Crippen LogP contribution in [0.25, 0.3) is 0 Å². The molecule has 0 saturated carbocycles. The first kappa shape index (κ1) is 14.5. The number of benzene rings is 1. The number of thiazole rings is 1. The molecular formula is C14H17N3O2S2. The molecule has 0 amide bonds. The van der Waals surface area contributed by atoms with Gasteiger partial charge in [-0.3, -0.25) is 0 Å². The van der Waals surface area contributed by atoms with E-state index in [-0.39, 0.29) is 0 Å². The predicted molar refractivity (Wildman–Crippen MR) is 84.4 cm³/mol. The fourth-order valence-corrected chi connectivity index (χ4v) is 4.16. The number of anilines is 1. The molecule has 3 rings (SSSR count). The average molecular weight is 323 g/mol. The Morgan fingerprint density at radius 2 is 2.29 bits per heavy atom. The average Bonchev–Trinajstić information content (AvgIpc) is 3.06. The van der Waals surface area contributed by atoms with Crippen molar-refractivity contribution >= 4 is 27.0 Å². The van der Waals surface area contributed by atoms with E-state index in [4.69, 9.17) is 0 Å². The zero-order valence-electron chi connectivity index (χ0n) is 11.7. The van der Waals surface area contributed by atoms with Gasteiger partial charge in [-0.05, 0) is 31.0 Å². The van der Waals surface area contributed by atoms with Gasteiger partial charge in [-0.1, -0.05) is 6.07 Å². The first-order chi connectivity index (χ1) is 10.0. The molecule has 0 atom stereocenters. The normalized spacial score (nSPS) is 14.0. The lowest BCUT2D eigenvalue weighted by Gasteiger charge is -2.08. The molecule has 2 aromatic rings. The lowest BCUT2D eigenvalue weighted by molar-refractivity contribution is 0.581. The van der Waals surface area contributed by atoms with Gasteiger partial charge in [-0.15, -0.1) is 11.3 Å². The van der Waals surface area contributed by atoms with E-state index in [0.717, 1.165) is 29.4 Å². The van der Waals surface area contributed by atoms with Crippen LogP contribution in [0.4, 0.5) is 5.69 Å². The zero-order valence-corrected chi connectivity index (χ0v) is 13.4. The molecule has 0 bridgehead atoms. The van der Waals surface area contributed by atoms with Crippen molar-refractivity contribution in [3.63, 3.8) is 0 Å². The number of nitrogens with zero attached hydrogens (tertiary/aromatic N) is 1. The van der Waals surface area contributed by atoms with Gasteiger partial charge in [0.1, 0.15) is 0 Å². The van der Waals surface area contributed by atoms with Gasteiger partial charge in [0.2, 0.25) is 10.0 Å². The molecule has 1 aliphatic heterocycles. The smallest absolute Gasteiger partial charge is 0.240 e. The minimum Gasteiger partial charge on any atom is -0.384 e. The first-order valence-corrected chi connectivity index (χ1v) is 9.18. The maximum absolute atomic E-state index is 12.3. The predicted octanol–water partition coefficient (Wildman–Crippen LogP) is 1.94. The van der Waals surface area contributed by atoms with Crippen LogP contribution in [0.15, 0.2) is 28.5 Å². The Morgan fingerprint density at radius 1 is 1.43 bits per heavy atom. The molecule has 1 aromatic carbocycles. The van der Waals surface area contributed by atoms with E-state index in [2.05, 4.69) is 15.0 Å². The second-order valence-corrected chi connectivity index (χ2v) is 7.74. The molecule has 2 heterocycles. The highest BCUT2D eigenvalue weighted by Crippen LogP contribution is 2.25. The summed E-state index contributed by atoms with van der Waals surface area (Å²) in [6, 6.07) is 5.26. The van der Waals surface area contributed by atoms with Crippen LogP contribution in [0.1, 0.15) is 16.3 Å². The van der Waals surface area contributed by atoms with E-state index in [1.807, 2.05) is 18.4 Å². The van der Waals surface area contributed by atoms with Crippen LogP contribution in [-0.4, -0.2) is 26.5 Å². The van der Waals surface area contributed by atoms with Gasteiger partial charge in [0.05, 0.1) is 9.90 Å². The van der Waals surface area contributed by atoms with Crippen molar-refractivity contribution in [2.24, 2.45) is 0 Å².